The Hall–Kier alpha value is -2.59. The molecule has 3 aromatic rings. The van der Waals surface area contributed by atoms with E-state index >= 15 is 0 Å². The number of aryl methyl sites for hydroxylation is 2. The third-order valence-electron chi connectivity index (χ3n) is 3.93. The Labute approximate surface area is 153 Å². The summed E-state index contributed by atoms with van der Waals surface area (Å²) in [6.45, 7) is 6.88. The number of para-hydroxylation sites is 1. The molecular formula is C20H21ClN4. The van der Waals surface area contributed by atoms with Crippen molar-refractivity contribution in [2.75, 3.05) is 16.8 Å². The summed E-state index contributed by atoms with van der Waals surface area (Å²) < 4.78 is 0. The highest BCUT2D eigenvalue weighted by Gasteiger charge is 2.12. The lowest BCUT2D eigenvalue weighted by Gasteiger charge is -2.22. The van der Waals surface area contributed by atoms with Crippen LogP contribution in [0.3, 0.4) is 0 Å². The number of anilines is 4. The van der Waals surface area contributed by atoms with Crippen LogP contribution in [0.2, 0.25) is 5.02 Å². The van der Waals surface area contributed by atoms with Gasteiger partial charge in [0.05, 0.1) is 0 Å². The fourth-order valence-corrected chi connectivity index (χ4v) is 2.82. The summed E-state index contributed by atoms with van der Waals surface area (Å²) in [5.41, 5.74) is 4.03. The lowest BCUT2D eigenvalue weighted by atomic mass is 10.2. The Bertz CT molecular complexity index is 865. The van der Waals surface area contributed by atoms with Crippen molar-refractivity contribution >= 4 is 34.7 Å². The van der Waals surface area contributed by atoms with Crippen LogP contribution in [0.25, 0.3) is 0 Å². The van der Waals surface area contributed by atoms with E-state index in [-0.39, 0.29) is 0 Å². The summed E-state index contributed by atoms with van der Waals surface area (Å²) in [4.78, 5) is 11.4. The van der Waals surface area contributed by atoms with Crippen LogP contribution in [0, 0.1) is 13.8 Å². The summed E-state index contributed by atoms with van der Waals surface area (Å²) >= 11 is 6.12. The quantitative estimate of drug-likeness (QED) is 0.644. The Balaban J connectivity index is 1.96. The molecule has 0 fully saturated rings. The minimum Gasteiger partial charge on any atom is -0.340 e. The first-order valence-electron chi connectivity index (χ1n) is 8.28. The van der Waals surface area contributed by atoms with Gasteiger partial charge in [0.2, 0.25) is 5.95 Å². The second-order valence-corrected chi connectivity index (χ2v) is 6.30. The van der Waals surface area contributed by atoms with Gasteiger partial charge in [-0.15, -0.1) is 0 Å². The maximum Gasteiger partial charge on any atom is 0.232 e. The SMILES string of the molecule is CCN(c1ccccc1)c1nc(C)cc(Nc2cc(Cl)ccc2C)n1. The second kappa shape index (κ2) is 7.53. The average Bonchev–Trinajstić information content (AvgIpc) is 2.59. The van der Waals surface area contributed by atoms with Crippen LogP contribution in [0.5, 0.6) is 0 Å². The highest BCUT2D eigenvalue weighted by atomic mass is 35.5. The van der Waals surface area contributed by atoms with Crippen LogP contribution < -0.4 is 10.2 Å². The lowest BCUT2D eigenvalue weighted by Crippen LogP contribution is -2.19. The van der Waals surface area contributed by atoms with E-state index in [9.17, 15) is 0 Å². The van der Waals surface area contributed by atoms with E-state index in [0.29, 0.717) is 11.0 Å². The normalized spacial score (nSPS) is 10.6. The molecule has 2 aromatic carbocycles. The fraction of sp³-hybridized carbons (Fsp3) is 0.200. The van der Waals surface area contributed by atoms with Gasteiger partial charge in [0.25, 0.3) is 0 Å². The van der Waals surface area contributed by atoms with Gasteiger partial charge in [0, 0.05) is 34.7 Å². The minimum atomic E-state index is 0.677. The number of rotatable bonds is 5. The van der Waals surface area contributed by atoms with Crippen molar-refractivity contribution in [3.8, 4) is 0 Å². The average molecular weight is 353 g/mol. The van der Waals surface area contributed by atoms with Crippen molar-refractivity contribution in [3.63, 3.8) is 0 Å². The van der Waals surface area contributed by atoms with Crippen molar-refractivity contribution in [1.82, 2.24) is 9.97 Å². The predicted molar refractivity (Wildman–Crippen MR) is 105 cm³/mol. The summed E-state index contributed by atoms with van der Waals surface area (Å²) in [6, 6.07) is 17.9. The molecule has 1 heterocycles. The molecule has 0 aliphatic rings. The third-order valence-corrected chi connectivity index (χ3v) is 4.17. The summed E-state index contributed by atoms with van der Waals surface area (Å²) in [5, 5.41) is 4.06. The van der Waals surface area contributed by atoms with Gasteiger partial charge < -0.3 is 10.2 Å². The molecule has 5 heteroatoms. The van der Waals surface area contributed by atoms with Gasteiger partial charge in [0.1, 0.15) is 5.82 Å². The minimum absolute atomic E-state index is 0.677. The maximum atomic E-state index is 6.12. The lowest BCUT2D eigenvalue weighted by molar-refractivity contribution is 0.936. The Morgan fingerprint density at radius 1 is 1.00 bits per heavy atom. The van der Waals surface area contributed by atoms with Gasteiger partial charge in [-0.2, -0.15) is 4.98 Å². The highest BCUT2D eigenvalue weighted by Crippen LogP contribution is 2.26. The van der Waals surface area contributed by atoms with Crippen LogP contribution in [0.1, 0.15) is 18.2 Å². The van der Waals surface area contributed by atoms with Gasteiger partial charge in [-0.1, -0.05) is 35.9 Å². The van der Waals surface area contributed by atoms with Crippen molar-refractivity contribution in [3.05, 3.63) is 70.9 Å². The van der Waals surface area contributed by atoms with Crippen molar-refractivity contribution in [1.29, 1.82) is 0 Å². The topological polar surface area (TPSA) is 41.1 Å². The maximum absolute atomic E-state index is 6.12. The van der Waals surface area contributed by atoms with Gasteiger partial charge in [-0.05, 0) is 50.6 Å². The van der Waals surface area contributed by atoms with Gasteiger partial charge >= 0.3 is 0 Å². The van der Waals surface area contributed by atoms with Gasteiger partial charge in [0.15, 0.2) is 0 Å². The second-order valence-electron chi connectivity index (χ2n) is 5.86. The van der Waals surface area contributed by atoms with E-state index in [2.05, 4.69) is 34.3 Å². The summed E-state index contributed by atoms with van der Waals surface area (Å²) in [5.74, 6) is 1.43. The molecule has 1 N–H and O–H groups in total. The Morgan fingerprint density at radius 2 is 1.76 bits per heavy atom. The molecule has 0 spiro atoms. The number of benzene rings is 2. The number of nitrogens with zero attached hydrogens (tertiary/aromatic N) is 3. The molecule has 1 aromatic heterocycles. The van der Waals surface area contributed by atoms with E-state index in [1.807, 2.05) is 56.3 Å². The molecule has 0 saturated heterocycles. The number of hydrogen-bond acceptors (Lipinski definition) is 4. The predicted octanol–water partition coefficient (Wildman–Crippen LogP) is 5.65. The molecule has 25 heavy (non-hydrogen) atoms. The first-order valence-corrected chi connectivity index (χ1v) is 8.66. The largest absolute Gasteiger partial charge is 0.340 e. The van der Waals surface area contributed by atoms with E-state index in [4.69, 9.17) is 16.6 Å². The number of halogens is 1. The van der Waals surface area contributed by atoms with E-state index < -0.39 is 0 Å². The molecule has 0 radical (unpaired) electrons. The first kappa shape index (κ1) is 17.2. The van der Waals surface area contributed by atoms with E-state index in [1.54, 1.807) is 0 Å². The zero-order chi connectivity index (χ0) is 17.8. The van der Waals surface area contributed by atoms with E-state index in [1.165, 1.54) is 0 Å². The zero-order valence-corrected chi connectivity index (χ0v) is 15.4. The number of aromatic nitrogens is 2. The molecule has 3 rings (SSSR count). The Morgan fingerprint density at radius 3 is 2.48 bits per heavy atom. The van der Waals surface area contributed by atoms with Crippen LogP contribution in [-0.2, 0) is 0 Å². The zero-order valence-electron chi connectivity index (χ0n) is 14.6. The molecular weight excluding hydrogens is 332 g/mol. The molecule has 0 aliphatic heterocycles. The van der Waals surface area contributed by atoms with Gasteiger partial charge in [-0.3, -0.25) is 0 Å². The van der Waals surface area contributed by atoms with Crippen molar-refractivity contribution in [2.24, 2.45) is 0 Å². The summed E-state index contributed by atoms with van der Waals surface area (Å²) in [6.07, 6.45) is 0. The van der Waals surface area contributed by atoms with Crippen LogP contribution >= 0.6 is 11.6 Å². The van der Waals surface area contributed by atoms with Crippen LogP contribution in [-0.4, -0.2) is 16.5 Å². The van der Waals surface area contributed by atoms with Crippen molar-refractivity contribution < 1.29 is 0 Å². The molecule has 0 amide bonds. The summed E-state index contributed by atoms with van der Waals surface area (Å²) in [7, 11) is 0. The van der Waals surface area contributed by atoms with E-state index in [0.717, 1.165) is 35.0 Å². The fourth-order valence-electron chi connectivity index (χ4n) is 2.65. The molecule has 4 nitrogen and oxygen atoms in total. The van der Waals surface area contributed by atoms with Crippen molar-refractivity contribution in [2.45, 2.75) is 20.8 Å². The smallest absolute Gasteiger partial charge is 0.232 e. The number of hydrogen-bond donors (Lipinski definition) is 1. The van der Waals surface area contributed by atoms with Crippen LogP contribution in [0.4, 0.5) is 23.1 Å². The van der Waals surface area contributed by atoms with Crippen LogP contribution in [0.15, 0.2) is 54.6 Å². The molecule has 0 bridgehead atoms. The first-order chi connectivity index (χ1) is 12.1. The molecule has 0 unspecified atom stereocenters. The van der Waals surface area contributed by atoms with Gasteiger partial charge in [-0.25, -0.2) is 4.98 Å². The molecule has 0 saturated carbocycles. The molecule has 0 atom stereocenters. The molecule has 128 valence electrons. The number of nitrogens with one attached hydrogen (secondary N) is 1. The molecule has 0 aliphatic carbocycles. The highest BCUT2D eigenvalue weighted by molar-refractivity contribution is 6.30. The monoisotopic (exact) mass is 352 g/mol. The Kier molecular flexibility index (Phi) is 5.19. The standard InChI is InChI=1S/C20H21ClN4/c1-4-25(17-8-6-5-7-9-17)20-22-15(3)12-19(24-20)23-18-13-16(21)11-10-14(18)2/h5-13H,4H2,1-3H3,(H,22,23,24). The third kappa shape index (κ3) is 4.09.